The third-order valence-electron chi connectivity index (χ3n) is 7.21. The van der Waals surface area contributed by atoms with Gasteiger partial charge in [-0.15, -0.1) is 0 Å². The predicted octanol–water partition coefficient (Wildman–Crippen LogP) is 3.78. The van der Waals surface area contributed by atoms with Gasteiger partial charge in [-0.2, -0.15) is 5.26 Å². The number of halogens is 2. The number of likely N-dealkylation sites (N-methyl/N-ethyl adjacent to an activating group) is 2. The first-order valence-electron chi connectivity index (χ1n) is 13.4. The van der Waals surface area contributed by atoms with Crippen molar-refractivity contribution in [3.05, 3.63) is 51.3 Å². The Morgan fingerprint density at radius 3 is 2.59 bits per heavy atom. The van der Waals surface area contributed by atoms with Crippen LogP contribution in [0.25, 0.3) is 10.9 Å². The maximum absolute atomic E-state index is 14.5. The summed E-state index contributed by atoms with van der Waals surface area (Å²) in [7, 11) is 5.34. The third kappa shape index (κ3) is 6.72. The number of amides is 1. The molecule has 0 bridgehead atoms. The van der Waals surface area contributed by atoms with E-state index in [9.17, 15) is 19.2 Å². The van der Waals surface area contributed by atoms with E-state index in [-0.39, 0.29) is 40.7 Å². The molecular formula is C29H35ClFN7O3. The van der Waals surface area contributed by atoms with Gasteiger partial charge in [-0.25, -0.2) is 9.37 Å². The zero-order chi connectivity index (χ0) is 29.8. The Morgan fingerprint density at radius 2 is 1.95 bits per heavy atom. The van der Waals surface area contributed by atoms with E-state index in [0.29, 0.717) is 60.0 Å². The fourth-order valence-corrected chi connectivity index (χ4v) is 5.21. The van der Waals surface area contributed by atoms with Crippen LogP contribution in [0.4, 0.5) is 21.7 Å². The first-order valence-corrected chi connectivity index (χ1v) is 13.8. The number of nitrogens with one attached hydrogen (secondary N) is 2. The molecule has 2 atom stereocenters. The number of nitrogens with zero attached hydrogens (tertiary/aromatic N) is 5. The number of piperidine rings is 1. The van der Waals surface area contributed by atoms with E-state index in [1.165, 1.54) is 7.05 Å². The van der Waals surface area contributed by atoms with Gasteiger partial charge in [0.1, 0.15) is 18.1 Å². The average Bonchev–Trinajstić information content (AvgIpc) is 2.94. The highest BCUT2D eigenvalue weighted by molar-refractivity contribution is 6.33. The smallest absolute Gasteiger partial charge is 0.293 e. The molecular weight excluding hydrogens is 549 g/mol. The number of nitriles is 1. The summed E-state index contributed by atoms with van der Waals surface area (Å²) >= 11 is 6.53. The van der Waals surface area contributed by atoms with E-state index < -0.39 is 6.17 Å². The minimum Gasteiger partial charge on any atom is -0.478 e. The molecule has 2 N–H and O–H groups in total. The molecule has 1 aliphatic rings. The Labute approximate surface area is 243 Å². The highest BCUT2D eigenvalue weighted by atomic mass is 35.5. The lowest BCUT2D eigenvalue weighted by Crippen LogP contribution is -2.46. The SMILES string of the molecule is CNC(=O)COc1cc2cc(Nc3nc(N4CC(C)C(F)C(C)C4)c(C#N)cc3Cl)ccc2n(CCN(C)C)c1=O. The van der Waals surface area contributed by atoms with Gasteiger partial charge in [0.25, 0.3) is 11.5 Å². The molecule has 218 valence electrons. The standard InChI is InChI=1S/C29H35ClFN7O3/c1-17-14-37(15-18(2)26(17)31)28-20(13-32)11-22(30)27(35-28)34-21-6-7-23-19(10-21)12-24(41-16-25(39)33-3)29(40)38(23)9-8-36(4)5/h6-7,10-12,17-18,26H,8-9,14-16H2,1-5H3,(H,33,39)(H,34,35). The number of hydrogen-bond acceptors (Lipinski definition) is 8. The van der Waals surface area contributed by atoms with Crippen molar-refractivity contribution in [2.75, 3.05) is 57.6 Å². The quantitative estimate of drug-likeness (QED) is 0.391. The van der Waals surface area contributed by atoms with Crippen LogP contribution in [0.1, 0.15) is 19.4 Å². The first-order chi connectivity index (χ1) is 19.5. The van der Waals surface area contributed by atoms with Gasteiger partial charge in [-0.1, -0.05) is 25.4 Å². The number of carbonyl (C=O) groups excluding carboxylic acids is 1. The van der Waals surface area contributed by atoms with Gasteiger partial charge in [0.2, 0.25) is 0 Å². The maximum atomic E-state index is 14.5. The number of ether oxygens (including phenoxy) is 1. The van der Waals surface area contributed by atoms with E-state index in [0.717, 1.165) is 0 Å². The Hall–Kier alpha value is -3.88. The topological polar surface area (TPSA) is 116 Å². The van der Waals surface area contributed by atoms with Gasteiger partial charge >= 0.3 is 0 Å². The van der Waals surface area contributed by atoms with Gasteiger partial charge in [0.15, 0.2) is 18.2 Å². The molecule has 12 heteroatoms. The fraction of sp³-hybridized carbons (Fsp3) is 0.448. The first kappa shape index (κ1) is 30.1. The molecule has 10 nitrogen and oxygen atoms in total. The zero-order valence-corrected chi connectivity index (χ0v) is 24.6. The Balaban J connectivity index is 1.72. The molecule has 0 spiro atoms. The lowest BCUT2D eigenvalue weighted by molar-refractivity contribution is -0.122. The van der Waals surface area contributed by atoms with E-state index in [1.807, 2.05) is 55.9 Å². The minimum absolute atomic E-state index is 0.0633. The van der Waals surface area contributed by atoms with Crippen LogP contribution in [0.5, 0.6) is 5.75 Å². The maximum Gasteiger partial charge on any atom is 0.293 e. The third-order valence-corrected chi connectivity index (χ3v) is 7.50. The van der Waals surface area contributed by atoms with Crippen molar-refractivity contribution in [3.63, 3.8) is 0 Å². The summed E-state index contributed by atoms with van der Waals surface area (Å²) in [6, 6.07) is 10.8. The van der Waals surface area contributed by atoms with Gasteiger partial charge in [0, 0.05) is 56.1 Å². The van der Waals surface area contributed by atoms with E-state index in [4.69, 9.17) is 21.3 Å². The van der Waals surface area contributed by atoms with Crippen LogP contribution in [0.15, 0.2) is 35.1 Å². The van der Waals surface area contributed by atoms with Crippen molar-refractivity contribution in [1.29, 1.82) is 5.26 Å². The largest absolute Gasteiger partial charge is 0.478 e. The van der Waals surface area contributed by atoms with Crippen molar-refractivity contribution in [2.24, 2.45) is 11.8 Å². The average molecular weight is 584 g/mol. The van der Waals surface area contributed by atoms with Crippen LogP contribution in [-0.2, 0) is 11.3 Å². The highest BCUT2D eigenvalue weighted by Gasteiger charge is 2.33. The number of pyridine rings is 2. The van der Waals surface area contributed by atoms with E-state index in [2.05, 4.69) is 16.7 Å². The lowest BCUT2D eigenvalue weighted by atomic mass is 9.89. The summed E-state index contributed by atoms with van der Waals surface area (Å²) in [5.74, 6) is 0.104. The second-order valence-corrected chi connectivity index (χ2v) is 11.1. The van der Waals surface area contributed by atoms with Gasteiger partial charge in [-0.05, 0) is 44.4 Å². The Bertz CT molecular complexity index is 1530. The number of fused-ring (bicyclic) bond motifs is 1. The molecule has 1 aliphatic heterocycles. The van der Waals surface area contributed by atoms with Crippen LogP contribution in [0, 0.1) is 23.2 Å². The van der Waals surface area contributed by atoms with Crippen LogP contribution < -0.4 is 25.8 Å². The molecule has 1 aromatic carbocycles. The number of alkyl halides is 1. The van der Waals surface area contributed by atoms with Crippen molar-refractivity contribution in [2.45, 2.75) is 26.6 Å². The summed E-state index contributed by atoms with van der Waals surface area (Å²) in [6.45, 7) is 5.35. The summed E-state index contributed by atoms with van der Waals surface area (Å²) in [5, 5.41) is 16.4. The second-order valence-electron chi connectivity index (χ2n) is 10.7. The summed E-state index contributed by atoms with van der Waals surface area (Å²) in [5.41, 5.74) is 1.33. The summed E-state index contributed by atoms with van der Waals surface area (Å²) < 4.78 is 21.7. The molecule has 4 rings (SSSR count). The molecule has 0 aliphatic carbocycles. The van der Waals surface area contributed by atoms with Gasteiger partial charge < -0.3 is 29.7 Å². The molecule has 3 aromatic rings. The van der Waals surface area contributed by atoms with Gasteiger partial charge in [0.05, 0.1) is 16.1 Å². The molecule has 3 heterocycles. The lowest BCUT2D eigenvalue weighted by Gasteiger charge is -2.38. The number of rotatable bonds is 9. The molecule has 41 heavy (non-hydrogen) atoms. The van der Waals surface area contributed by atoms with Crippen LogP contribution in [0.2, 0.25) is 5.02 Å². The van der Waals surface area contributed by atoms with E-state index >= 15 is 0 Å². The predicted molar refractivity (Wildman–Crippen MR) is 159 cm³/mol. The monoisotopic (exact) mass is 583 g/mol. The fourth-order valence-electron chi connectivity index (χ4n) is 5.01. The van der Waals surface area contributed by atoms with Crippen LogP contribution in [0.3, 0.4) is 0 Å². The summed E-state index contributed by atoms with van der Waals surface area (Å²) in [4.78, 5) is 33.6. The zero-order valence-electron chi connectivity index (χ0n) is 23.9. The Morgan fingerprint density at radius 1 is 1.24 bits per heavy atom. The number of benzene rings is 1. The van der Waals surface area contributed by atoms with Crippen molar-refractivity contribution in [3.8, 4) is 11.8 Å². The molecule has 1 saturated heterocycles. The van der Waals surface area contributed by atoms with Crippen LogP contribution in [-0.4, -0.2) is 73.9 Å². The Kier molecular flexibility index (Phi) is 9.35. The van der Waals surface area contributed by atoms with Crippen LogP contribution >= 0.6 is 11.6 Å². The van der Waals surface area contributed by atoms with E-state index in [1.54, 1.807) is 16.7 Å². The minimum atomic E-state index is -0.917. The summed E-state index contributed by atoms with van der Waals surface area (Å²) in [6.07, 6.45) is -0.917. The van der Waals surface area contributed by atoms with Crippen molar-refractivity contribution in [1.82, 2.24) is 19.8 Å². The second kappa shape index (κ2) is 12.7. The normalized spacial score (nSPS) is 18.8. The van der Waals surface area contributed by atoms with Gasteiger partial charge in [-0.3, -0.25) is 9.59 Å². The number of hydrogen-bond donors (Lipinski definition) is 2. The molecule has 2 aromatic heterocycles. The number of aromatic nitrogens is 2. The molecule has 0 saturated carbocycles. The highest BCUT2D eigenvalue weighted by Crippen LogP contribution is 2.34. The molecule has 2 unspecified atom stereocenters. The molecule has 1 amide bonds. The molecule has 0 radical (unpaired) electrons. The van der Waals surface area contributed by atoms with Crippen molar-refractivity contribution >= 4 is 45.7 Å². The van der Waals surface area contributed by atoms with Crippen molar-refractivity contribution < 1.29 is 13.9 Å². The number of anilines is 3. The molecule has 1 fully saturated rings. The number of carbonyl (C=O) groups is 1.